The molecule has 2 amide bonds. The molecule has 128 valence electrons. The quantitative estimate of drug-likeness (QED) is 0.754. The fourth-order valence-electron chi connectivity index (χ4n) is 2.18. The fraction of sp³-hybridized carbons (Fsp3) is 0.188. The zero-order valence-corrected chi connectivity index (χ0v) is 14.8. The summed E-state index contributed by atoms with van der Waals surface area (Å²) in [6.07, 6.45) is 1.08. The maximum atomic E-state index is 12.1. The second-order valence-electron chi connectivity index (χ2n) is 5.29. The van der Waals surface area contributed by atoms with Crippen molar-refractivity contribution >= 4 is 39.0 Å². The van der Waals surface area contributed by atoms with E-state index in [0.29, 0.717) is 22.0 Å². The van der Waals surface area contributed by atoms with Gasteiger partial charge in [-0.25, -0.2) is 13.2 Å². The minimum atomic E-state index is -3.41. The summed E-state index contributed by atoms with van der Waals surface area (Å²) in [7, 11) is -3.41. The standard InChI is InChI=1S/C16H18ClN3O3S/c1-11(14-8-3-4-9-15(14)20-24(2,22)23)18-16(21)19-13-7-5-6-12(17)10-13/h3-11,20H,1-2H3,(H2,18,19,21). The van der Waals surface area contributed by atoms with E-state index in [1.54, 1.807) is 55.5 Å². The Morgan fingerprint density at radius 2 is 1.83 bits per heavy atom. The van der Waals surface area contributed by atoms with Crippen LogP contribution >= 0.6 is 11.6 Å². The Balaban J connectivity index is 2.09. The molecule has 1 unspecified atom stereocenters. The van der Waals surface area contributed by atoms with Gasteiger partial charge in [-0.2, -0.15) is 0 Å². The van der Waals surface area contributed by atoms with Gasteiger partial charge in [0.25, 0.3) is 0 Å². The van der Waals surface area contributed by atoms with Gasteiger partial charge in [-0.3, -0.25) is 4.72 Å². The Bertz CT molecular complexity index is 840. The summed E-state index contributed by atoms with van der Waals surface area (Å²) >= 11 is 5.88. The van der Waals surface area contributed by atoms with Crippen LogP contribution in [0.4, 0.5) is 16.2 Å². The topological polar surface area (TPSA) is 87.3 Å². The van der Waals surface area contributed by atoms with Gasteiger partial charge in [0.2, 0.25) is 10.0 Å². The van der Waals surface area contributed by atoms with Crippen molar-refractivity contribution in [3.63, 3.8) is 0 Å². The molecule has 0 saturated heterocycles. The van der Waals surface area contributed by atoms with E-state index in [-0.39, 0.29) is 0 Å². The van der Waals surface area contributed by atoms with Gasteiger partial charge < -0.3 is 10.6 Å². The summed E-state index contributed by atoms with van der Waals surface area (Å²) < 4.78 is 25.3. The molecular formula is C16H18ClN3O3S. The van der Waals surface area contributed by atoms with Crippen LogP contribution in [0.3, 0.4) is 0 Å². The first-order valence-electron chi connectivity index (χ1n) is 7.14. The van der Waals surface area contributed by atoms with Gasteiger partial charge in [0.15, 0.2) is 0 Å². The number of carbonyl (C=O) groups excluding carboxylic acids is 1. The molecule has 0 fully saturated rings. The van der Waals surface area contributed by atoms with Crippen molar-refractivity contribution in [1.29, 1.82) is 0 Å². The van der Waals surface area contributed by atoms with Crippen LogP contribution < -0.4 is 15.4 Å². The van der Waals surface area contributed by atoms with E-state index in [1.807, 2.05) is 0 Å². The number of nitrogens with one attached hydrogen (secondary N) is 3. The van der Waals surface area contributed by atoms with E-state index in [9.17, 15) is 13.2 Å². The minimum absolute atomic E-state index is 0.408. The van der Waals surface area contributed by atoms with Crippen LogP contribution in [0, 0.1) is 0 Å². The van der Waals surface area contributed by atoms with Crippen molar-refractivity contribution in [2.75, 3.05) is 16.3 Å². The molecule has 24 heavy (non-hydrogen) atoms. The number of anilines is 2. The molecule has 0 radical (unpaired) electrons. The lowest BCUT2D eigenvalue weighted by Gasteiger charge is -2.18. The molecule has 2 rings (SSSR count). The number of hydrogen-bond donors (Lipinski definition) is 3. The third-order valence-corrected chi connectivity index (χ3v) is 3.98. The number of benzene rings is 2. The van der Waals surface area contributed by atoms with Gasteiger partial charge >= 0.3 is 6.03 Å². The van der Waals surface area contributed by atoms with Gasteiger partial charge in [-0.15, -0.1) is 0 Å². The van der Waals surface area contributed by atoms with Crippen molar-refractivity contribution in [3.8, 4) is 0 Å². The first-order valence-corrected chi connectivity index (χ1v) is 9.41. The second kappa shape index (κ2) is 7.55. The van der Waals surface area contributed by atoms with E-state index in [0.717, 1.165) is 6.26 Å². The van der Waals surface area contributed by atoms with Gasteiger partial charge in [-0.05, 0) is 36.8 Å². The molecule has 0 spiro atoms. The van der Waals surface area contributed by atoms with Crippen LogP contribution in [0.1, 0.15) is 18.5 Å². The predicted molar refractivity (Wildman–Crippen MR) is 96.9 cm³/mol. The molecule has 0 aliphatic carbocycles. The van der Waals surface area contributed by atoms with Gasteiger partial charge in [0, 0.05) is 10.7 Å². The monoisotopic (exact) mass is 367 g/mol. The normalized spacial score (nSPS) is 12.3. The van der Waals surface area contributed by atoms with E-state index in [2.05, 4.69) is 15.4 Å². The van der Waals surface area contributed by atoms with E-state index >= 15 is 0 Å². The average Bonchev–Trinajstić information content (AvgIpc) is 2.45. The number of carbonyl (C=O) groups is 1. The van der Waals surface area contributed by atoms with Gasteiger partial charge in [0.1, 0.15) is 0 Å². The zero-order chi connectivity index (χ0) is 17.7. The molecule has 0 saturated carbocycles. The lowest BCUT2D eigenvalue weighted by atomic mass is 10.1. The number of rotatable bonds is 5. The molecule has 2 aromatic carbocycles. The zero-order valence-electron chi connectivity index (χ0n) is 13.2. The average molecular weight is 368 g/mol. The summed E-state index contributed by atoms with van der Waals surface area (Å²) in [5.74, 6) is 0. The Hall–Kier alpha value is -2.25. The summed E-state index contributed by atoms with van der Waals surface area (Å²) in [4.78, 5) is 12.1. The van der Waals surface area contributed by atoms with Crippen LogP contribution in [0.5, 0.6) is 0 Å². The third kappa shape index (κ3) is 5.43. The van der Waals surface area contributed by atoms with Crippen LogP contribution in [0.15, 0.2) is 48.5 Å². The van der Waals surface area contributed by atoms with Crippen LogP contribution in [-0.4, -0.2) is 20.7 Å². The van der Waals surface area contributed by atoms with Crippen LogP contribution in [0.25, 0.3) is 0 Å². The number of urea groups is 1. The number of hydrogen-bond acceptors (Lipinski definition) is 3. The maximum Gasteiger partial charge on any atom is 0.319 e. The summed E-state index contributed by atoms with van der Waals surface area (Å²) in [6, 6.07) is 12.8. The molecule has 0 aliphatic rings. The molecule has 0 heterocycles. The van der Waals surface area contributed by atoms with Crippen LogP contribution in [0.2, 0.25) is 5.02 Å². The Labute approximate surface area is 146 Å². The second-order valence-corrected chi connectivity index (χ2v) is 7.48. The molecule has 6 nitrogen and oxygen atoms in total. The molecule has 2 aromatic rings. The number of sulfonamides is 1. The molecule has 0 bridgehead atoms. The molecule has 0 aromatic heterocycles. The minimum Gasteiger partial charge on any atom is -0.331 e. The summed E-state index contributed by atoms with van der Waals surface area (Å²) in [5.41, 5.74) is 1.65. The highest BCUT2D eigenvalue weighted by atomic mass is 35.5. The third-order valence-electron chi connectivity index (χ3n) is 3.15. The van der Waals surface area contributed by atoms with Crippen LogP contribution in [-0.2, 0) is 10.0 Å². The highest BCUT2D eigenvalue weighted by molar-refractivity contribution is 7.92. The molecule has 1 atom stereocenters. The maximum absolute atomic E-state index is 12.1. The van der Waals surface area contributed by atoms with Crippen molar-refractivity contribution in [2.45, 2.75) is 13.0 Å². The number of para-hydroxylation sites is 1. The predicted octanol–water partition coefficient (Wildman–Crippen LogP) is 3.59. The Morgan fingerprint density at radius 3 is 2.50 bits per heavy atom. The van der Waals surface area contributed by atoms with E-state index in [4.69, 9.17) is 11.6 Å². The highest BCUT2D eigenvalue weighted by Gasteiger charge is 2.15. The van der Waals surface area contributed by atoms with E-state index < -0.39 is 22.1 Å². The van der Waals surface area contributed by atoms with Crippen molar-refractivity contribution in [1.82, 2.24) is 5.32 Å². The smallest absolute Gasteiger partial charge is 0.319 e. The van der Waals surface area contributed by atoms with Gasteiger partial charge in [0.05, 0.1) is 18.0 Å². The SMILES string of the molecule is CC(NC(=O)Nc1cccc(Cl)c1)c1ccccc1NS(C)(=O)=O. The summed E-state index contributed by atoms with van der Waals surface area (Å²) in [5, 5.41) is 5.96. The highest BCUT2D eigenvalue weighted by Crippen LogP contribution is 2.23. The molecular weight excluding hydrogens is 350 g/mol. The van der Waals surface area contributed by atoms with Crippen molar-refractivity contribution < 1.29 is 13.2 Å². The Kier molecular flexibility index (Phi) is 5.69. The first kappa shape index (κ1) is 18.1. The molecule has 0 aliphatic heterocycles. The fourth-order valence-corrected chi connectivity index (χ4v) is 2.95. The van der Waals surface area contributed by atoms with E-state index in [1.165, 1.54) is 0 Å². The number of halogens is 1. The van der Waals surface area contributed by atoms with Gasteiger partial charge in [-0.1, -0.05) is 35.9 Å². The van der Waals surface area contributed by atoms with Crippen molar-refractivity contribution in [2.24, 2.45) is 0 Å². The Morgan fingerprint density at radius 1 is 1.12 bits per heavy atom. The van der Waals surface area contributed by atoms with Crippen molar-refractivity contribution in [3.05, 3.63) is 59.1 Å². The molecule has 8 heteroatoms. The largest absolute Gasteiger partial charge is 0.331 e. The number of amides is 2. The lowest BCUT2D eigenvalue weighted by molar-refractivity contribution is 0.249. The molecule has 3 N–H and O–H groups in total. The summed E-state index contributed by atoms with van der Waals surface area (Å²) in [6.45, 7) is 1.76. The first-order chi connectivity index (χ1) is 11.2. The lowest BCUT2D eigenvalue weighted by Crippen LogP contribution is -2.31.